The van der Waals surface area contributed by atoms with Crippen molar-refractivity contribution in [2.45, 2.75) is 25.2 Å². The van der Waals surface area contributed by atoms with Crippen LogP contribution in [0.4, 0.5) is 5.69 Å². The maximum atomic E-state index is 13.2. The quantitative estimate of drug-likeness (QED) is 0.570. The summed E-state index contributed by atoms with van der Waals surface area (Å²) in [4.78, 5) is 24.9. The van der Waals surface area contributed by atoms with Gasteiger partial charge in [0.05, 0.1) is 18.1 Å². The number of carbonyl (C=O) groups is 2. The number of carbonyl (C=O) groups excluding carboxylic acids is 2. The molecule has 1 fully saturated rings. The highest BCUT2D eigenvalue weighted by molar-refractivity contribution is 6.02. The minimum Gasteiger partial charge on any atom is -0.465 e. The van der Waals surface area contributed by atoms with E-state index >= 15 is 0 Å². The first-order valence-corrected chi connectivity index (χ1v) is 10.5. The fraction of sp³-hybridized carbons (Fsp3) is 0.231. The number of esters is 1. The number of rotatable bonds is 5. The number of nitrogens with one attached hydrogen (secondary N) is 1. The summed E-state index contributed by atoms with van der Waals surface area (Å²) in [5.74, 6) is 1.01. The summed E-state index contributed by atoms with van der Waals surface area (Å²) >= 11 is 0. The summed E-state index contributed by atoms with van der Waals surface area (Å²) in [7, 11) is 1.36. The van der Waals surface area contributed by atoms with Crippen LogP contribution in [0.25, 0.3) is 11.1 Å². The third-order valence-electron chi connectivity index (χ3n) is 6.22. The van der Waals surface area contributed by atoms with Gasteiger partial charge in [0.15, 0.2) is 11.5 Å². The van der Waals surface area contributed by atoms with E-state index in [-0.39, 0.29) is 20.1 Å². The lowest BCUT2D eigenvalue weighted by Gasteiger charge is -2.17. The van der Waals surface area contributed by atoms with Crippen LogP contribution in [0.15, 0.2) is 60.7 Å². The minimum atomic E-state index is -0.534. The van der Waals surface area contributed by atoms with E-state index in [1.807, 2.05) is 55.5 Å². The molecule has 6 heteroatoms. The first-order chi connectivity index (χ1) is 15.5. The lowest BCUT2D eigenvalue weighted by Crippen LogP contribution is -2.27. The molecule has 1 saturated carbocycles. The second kappa shape index (κ2) is 7.71. The van der Waals surface area contributed by atoms with E-state index < -0.39 is 5.41 Å². The molecule has 3 aromatic rings. The van der Waals surface area contributed by atoms with Crippen LogP contribution in [0.3, 0.4) is 0 Å². The number of benzene rings is 3. The van der Waals surface area contributed by atoms with Crippen LogP contribution in [0, 0.1) is 6.92 Å². The van der Waals surface area contributed by atoms with Crippen LogP contribution in [0.5, 0.6) is 11.5 Å². The van der Waals surface area contributed by atoms with Crippen LogP contribution in [-0.2, 0) is 14.9 Å². The van der Waals surface area contributed by atoms with Gasteiger partial charge in [0.1, 0.15) is 0 Å². The van der Waals surface area contributed by atoms with Gasteiger partial charge >= 0.3 is 5.97 Å². The van der Waals surface area contributed by atoms with Crippen LogP contribution in [0.2, 0.25) is 0 Å². The molecule has 0 bridgehead atoms. The smallest absolute Gasteiger partial charge is 0.337 e. The summed E-state index contributed by atoms with van der Waals surface area (Å²) in [6.07, 6.45) is 1.60. The maximum Gasteiger partial charge on any atom is 0.337 e. The van der Waals surface area contributed by atoms with Crippen molar-refractivity contribution in [1.29, 1.82) is 0 Å². The van der Waals surface area contributed by atoms with Crippen molar-refractivity contribution < 1.29 is 25.2 Å². The highest BCUT2D eigenvalue weighted by atomic mass is 16.7. The van der Waals surface area contributed by atoms with Gasteiger partial charge in [0.25, 0.3) is 0 Å². The molecule has 164 valence electrons. The van der Waals surface area contributed by atoms with Gasteiger partial charge in [-0.25, -0.2) is 4.79 Å². The Balaban J connectivity index is 0.00000259. The molecule has 1 aliphatic heterocycles. The Kier molecular flexibility index (Phi) is 4.85. The Morgan fingerprint density at radius 2 is 1.72 bits per heavy atom. The summed E-state index contributed by atoms with van der Waals surface area (Å²) in [6.45, 7) is 2.23. The van der Waals surface area contributed by atoms with Gasteiger partial charge in [0.2, 0.25) is 12.7 Å². The second-order valence-electron chi connectivity index (χ2n) is 8.20. The van der Waals surface area contributed by atoms with Crippen molar-refractivity contribution in [2.24, 2.45) is 0 Å². The number of amides is 1. The SMILES string of the molecule is COC(=O)c1ccc(-c2cc(NC(=O)C3(c4ccc5c(c4)OCO5)CC3)ccc2C)cc1.[HH]. The first kappa shape index (κ1) is 20.1. The van der Waals surface area contributed by atoms with E-state index in [4.69, 9.17) is 14.2 Å². The lowest BCUT2D eigenvalue weighted by atomic mass is 9.94. The maximum absolute atomic E-state index is 13.2. The van der Waals surface area contributed by atoms with E-state index in [1.54, 1.807) is 12.1 Å². The number of ether oxygens (including phenoxy) is 3. The Bertz CT molecular complexity index is 1220. The molecule has 0 spiro atoms. The lowest BCUT2D eigenvalue weighted by molar-refractivity contribution is -0.118. The molecule has 32 heavy (non-hydrogen) atoms. The first-order valence-electron chi connectivity index (χ1n) is 10.5. The van der Waals surface area contributed by atoms with Gasteiger partial charge in [-0.2, -0.15) is 0 Å². The summed E-state index contributed by atoms with van der Waals surface area (Å²) in [5.41, 5.74) is 4.68. The van der Waals surface area contributed by atoms with Crippen molar-refractivity contribution in [3.05, 3.63) is 77.4 Å². The van der Waals surface area contributed by atoms with Crippen molar-refractivity contribution in [2.75, 3.05) is 19.2 Å². The molecule has 0 unspecified atom stereocenters. The molecule has 0 atom stereocenters. The monoisotopic (exact) mass is 431 g/mol. The zero-order valence-corrected chi connectivity index (χ0v) is 17.9. The van der Waals surface area contributed by atoms with Crippen molar-refractivity contribution in [3.63, 3.8) is 0 Å². The summed E-state index contributed by atoms with van der Waals surface area (Å²) < 4.78 is 15.6. The number of hydrogen-bond acceptors (Lipinski definition) is 5. The van der Waals surface area contributed by atoms with E-state index in [2.05, 4.69) is 5.32 Å². The molecule has 1 heterocycles. The molecule has 1 N–H and O–H groups in total. The topological polar surface area (TPSA) is 73.9 Å². The Labute approximate surface area is 187 Å². The van der Waals surface area contributed by atoms with Gasteiger partial charge < -0.3 is 19.5 Å². The molecule has 1 aliphatic carbocycles. The number of methoxy groups -OCH3 is 1. The molecule has 6 nitrogen and oxygen atoms in total. The highest BCUT2D eigenvalue weighted by Gasteiger charge is 2.51. The molecule has 5 rings (SSSR count). The molecule has 0 saturated heterocycles. The van der Waals surface area contributed by atoms with E-state index in [9.17, 15) is 9.59 Å². The van der Waals surface area contributed by atoms with Gasteiger partial charge in [-0.05, 0) is 78.4 Å². The summed E-state index contributed by atoms with van der Waals surface area (Å²) in [6, 6.07) is 18.8. The molecule has 3 aromatic carbocycles. The number of fused-ring (bicyclic) bond motifs is 1. The zero-order valence-electron chi connectivity index (χ0n) is 17.9. The molecular formula is C26H25NO5. The molecule has 2 aliphatic rings. The molecule has 1 amide bonds. The largest absolute Gasteiger partial charge is 0.465 e. The molecular weight excluding hydrogens is 406 g/mol. The normalized spacial score (nSPS) is 15.2. The number of anilines is 1. The third-order valence-corrected chi connectivity index (χ3v) is 6.22. The standard InChI is InChI=1S/C26H23NO5.H2/c1-16-3-9-20(14-21(16)17-4-6-18(7-5-17)24(28)30-2)27-25(29)26(11-12-26)19-8-10-22-23(13-19)32-15-31-22;/h3-10,13-14H,11-12,15H2,1-2H3,(H,27,29);1H. The Hall–Kier alpha value is -3.80. The average Bonchev–Trinajstić information content (AvgIpc) is 3.50. The summed E-state index contributed by atoms with van der Waals surface area (Å²) in [5, 5.41) is 3.10. The highest BCUT2D eigenvalue weighted by Crippen LogP contribution is 2.51. The van der Waals surface area contributed by atoms with Crippen molar-refractivity contribution in [3.8, 4) is 22.6 Å². The van der Waals surface area contributed by atoms with Crippen molar-refractivity contribution >= 4 is 17.6 Å². The van der Waals surface area contributed by atoms with Crippen molar-refractivity contribution in [1.82, 2.24) is 0 Å². The van der Waals surface area contributed by atoms with E-state index in [0.29, 0.717) is 17.1 Å². The predicted octanol–water partition coefficient (Wildman–Crippen LogP) is 5.09. The average molecular weight is 431 g/mol. The van der Waals surface area contributed by atoms with Crippen LogP contribution in [-0.4, -0.2) is 25.8 Å². The Morgan fingerprint density at radius 3 is 2.44 bits per heavy atom. The van der Waals surface area contributed by atoms with Gasteiger partial charge in [-0.1, -0.05) is 24.3 Å². The van der Waals surface area contributed by atoms with Gasteiger partial charge in [-0.3, -0.25) is 4.79 Å². The zero-order chi connectivity index (χ0) is 22.3. The van der Waals surface area contributed by atoms with Crippen LogP contribution < -0.4 is 14.8 Å². The minimum absolute atomic E-state index is 0. The fourth-order valence-electron chi connectivity index (χ4n) is 4.13. The number of hydrogen-bond donors (Lipinski definition) is 1. The second-order valence-corrected chi connectivity index (χ2v) is 8.20. The van der Waals surface area contributed by atoms with Crippen LogP contribution >= 0.6 is 0 Å². The van der Waals surface area contributed by atoms with E-state index in [0.717, 1.165) is 40.8 Å². The third kappa shape index (κ3) is 3.47. The number of aryl methyl sites for hydroxylation is 1. The van der Waals surface area contributed by atoms with Gasteiger partial charge in [-0.15, -0.1) is 0 Å². The van der Waals surface area contributed by atoms with Crippen LogP contribution in [0.1, 0.15) is 35.8 Å². The molecule has 0 radical (unpaired) electrons. The Morgan fingerprint density at radius 1 is 0.969 bits per heavy atom. The fourth-order valence-corrected chi connectivity index (χ4v) is 4.13. The van der Waals surface area contributed by atoms with Gasteiger partial charge in [0, 0.05) is 7.11 Å². The van der Waals surface area contributed by atoms with E-state index in [1.165, 1.54) is 7.11 Å². The molecule has 0 aromatic heterocycles. The predicted molar refractivity (Wildman–Crippen MR) is 122 cm³/mol.